The highest BCUT2D eigenvalue weighted by Gasteiger charge is 2.69. The van der Waals surface area contributed by atoms with Crippen molar-refractivity contribution >= 4 is 0 Å². The van der Waals surface area contributed by atoms with Crippen LogP contribution in [0.1, 0.15) is 58.1 Å². The molecule has 1 aromatic carbocycles. The molecule has 0 amide bonds. The van der Waals surface area contributed by atoms with E-state index in [1.807, 2.05) is 25.1 Å². The third kappa shape index (κ3) is 2.76. The summed E-state index contributed by atoms with van der Waals surface area (Å²) in [7, 11) is 3.35. The molecule has 6 nitrogen and oxygen atoms in total. The van der Waals surface area contributed by atoms with Crippen LogP contribution in [0.5, 0.6) is 11.5 Å². The van der Waals surface area contributed by atoms with Gasteiger partial charge >= 0.3 is 0 Å². The van der Waals surface area contributed by atoms with Crippen LogP contribution in [0.25, 0.3) is 0 Å². The summed E-state index contributed by atoms with van der Waals surface area (Å²) in [6, 6.07) is 5.93. The lowest BCUT2D eigenvalue weighted by atomic mass is 9.57. The Balaban J connectivity index is 1.57. The van der Waals surface area contributed by atoms with Crippen LogP contribution in [0.15, 0.2) is 18.2 Å². The second-order valence-electron chi connectivity index (χ2n) is 9.43. The number of rotatable bonds is 3. The summed E-state index contributed by atoms with van der Waals surface area (Å²) < 4.78 is 24.2. The van der Waals surface area contributed by atoms with Crippen molar-refractivity contribution in [2.24, 2.45) is 23.7 Å². The van der Waals surface area contributed by atoms with Crippen LogP contribution in [-0.2, 0) is 19.2 Å². The molecule has 0 radical (unpaired) electrons. The van der Waals surface area contributed by atoms with Gasteiger partial charge in [0.15, 0.2) is 11.9 Å². The fraction of sp³-hybridized carbons (Fsp3) is 0.739. The van der Waals surface area contributed by atoms with Crippen molar-refractivity contribution in [2.45, 2.75) is 70.2 Å². The Morgan fingerprint density at radius 1 is 1.00 bits per heavy atom. The van der Waals surface area contributed by atoms with Crippen LogP contribution in [0, 0.1) is 23.7 Å². The van der Waals surface area contributed by atoms with Crippen LogP contribution in [0.3, 0.4) is 0 Å². The molecule has 0 aromatic heterocycles. The second kappa shape index (κ2) is 6.84. The quantitative estimate of drug-likeness (QED) is 0.685. The fourth-order valence-corrected chi connectivity index (χ4v) is 6.31. The maximum absolute atomic E-state index is 6.71. The number of fused-ring (bicyclic) bond motifs is 2. The first-order chi connectivity index (χ1) is 13.9. The minimum atomic E-state index is -0.757. The van der Waals surface area contributed by atoms with E-state index in [-0.39, 0.29) is 12.0 Å². The van der Waals surface area contributed by atoms with Gasteiger partial charge in [-0.3, -0.25) is 0 Å². The summed E-state index contributed by atoms with van der Waals surface area (Å²) in [6.45, 7) is 6.56. The average Bonchev–Trinajstić information content (AvgIpc) is 2.96. The number of hydrogen-bond acceptors (Lipinski definition) is 6. The first-order valence-electron chi connectivity index (χ1n) is 10.8. The third-order valence-corrected chi connectivity index (χ3v) is 7.91. The molecule has 1 spiro atoms. The van der Waals surface area contributed by atoms with E-state index in [1.165, 1.54) is 6.42 Å². The zero-order valence-electron chi connectivity index (χ0n) is 18.0. The lowest BCUT2D eigenvalue weighted by Crippen LogP contribution is -2.69. The minimum absolute atomic E-state index is 0.142. The van der Waals surface area contributed by atoms with Gasteiger partial charge in [0.2, 0.25) is 5.79 Å². The first-order valence-corrected chi connectivity index (χ1v) is 10.8. The smallest absolute Gasteiger partial charge is 0.201 e. The lowest BCUT2D eigenvalue weighted by molar-refractivity contribution is -0.571. The summed E-state index contributed by atoms with van der Waals surface area (Å²) in [5.41, 5.74) is 0.490. The van der Waals surface area contributed by atoms with Gasteiger partial charge in [0.25, 0.3) is 0 Å². The van der Waals surface area contributed by atoms with Gasteiger partial charge in [0, 0.05) is 24.0 Å². The molecule has 160 valence electrons. The molecule has 29 heavy (non-hydrogen) atoms. The number of ether oxygens (including phenoxy) is 4. The van der Waals surface area contributed by atoms with Crippen molar-refractivity contribution in [2.75, 3.05) is 14.2 Å². The van der Waals surface area contributed by atoms with E-state index in [0.717, 1.165) is 36.3 Å². The SMILES string of the molecule is COc1ccc(C2O[C@@H]3O[C@@]4(C)CC[C@H]5[C@@H](C)CC[C@@H]([C@@H]2C)[C@]35OO4)c(OC)c1. The van der Waals surface area contributed by atoms with E-state index >= 15 is 0 Å². The Bertz CT molecular complexity index is 783. The van der Waals surface area contributed by atoms with Gasteiger partial charge in [-0.05, 0) is 56.1 Å². The molecule has 4 aliphatic heterocycles. The summed E-state index contributed by atoms with van der Waals surface area (Å²) in [5.74, 6) is 2.25. The largest absolute Gasteiger partial charge is 0.497 e. The monoisotopic (exact) mass is 404 g/mol. The third-order valence-electron chi connectivity index (χ3n) is 7.91. The molecule has 1 aliphatic carbocycles. The highest BCUT2D eigenvalue weighted by Crippen LogP contribution is 2.62. The van der Waals surface area contributed by atoms with Gasteiger partial charge in [-0.2, -0.15) is 0 Å². The summed E-state index contributed by atoms with van der Waals surface area (Å²) >= 11 is 0. The van der Waals surface area contributed by atoms with Crippen molar-refractivity contribution in [1.82, 2.24) is 0 Å². The van der Waals surface area contributed by atoms with Crippen molar-refractivity contribution in [3.8, 4) is 11.5 Å². The van der Waals surface area contributed by atoms with Crippen LogP contribution in [0.4, 0.5) is 0 Å². The van der Waals surface area contributed by atoms with E-state index in [1.54, 1.807) is 14.2 Å². The van der Waals surface area contributed by atoms with Gasteiger partial charge in [-0.15, -0.1) is 0 Å². The van der Waals surface area contributed by atoms with E-state index in [9.17, 15) is 0 Å². The van der Waals surface area contributed by atoms with Crippen molar-refractivity contribution in [1.29, 1.82) is 0 Å². The van der Waals surface area contributed by atoms with Gasteiger partial charge in [0.05, 0.1) is 20.3 Å². The first kappa shape index (κ1) is 19.6. The Morgan fingerprint density at radius 3 is 2.59 bits per heavy atom. The molecular formula is C23H32O6. The summed E-state index contributed by atoms with van der Waals surface area (Å²) in [6.07, 6.45) is 3.54. The van der Waals surface area contributed by atoms with Gasteiger partial charge in [-0.25, -0.2) is 9.78 Å². The minimum Gasteiger partial charge on any atom is -0.497 e. The predicted molar refractivity (Wildman–Crippen MR) is 105 cm³/mol. The molecule has 1 saturated carbocycles. The molecular weight excluding hydrogens is 372 g/mol. The topological polar surface area (TPSA) is 55.4 Å². The van der Waals surface area contributed by atoms with E-state index < -0.39 is 17.7 Å². The lowest BCUT2D eigenvalue weighted by Gasteiger charge is -2.60. The zero-order valence-corrected chi connectivity index (χ0v) is 18.0. The van der Waals surface area contributed by atoms with Crippen LogP contribution in [-0.4, -0.2) is 31.9 Å². The van der Waals surface area contributed by atoms with E-state index in [0.29, 0.717) is 17.8 Å². The predicted octanol–water partition coefficient (Wildman–Crippen LogP) is 4.63. The van der Waals surface area contributed by atoms with Gasteiger partial charge in [0.1, 0.15) is 11.5 Å². The molecule has 5 fully saturated rings. The maximum Gasteiger partial charge on any atom is 0.201 e. The summed E-state index contributed by atoms with van der Waals surface area (Å²) in [5, 5.41) is 0. The van der Waals surface area contributed by atoms with Crippen molar-refractivity contribution in [3.63, 3.8) is 0 Å². The Hall–Kier alpha value is -1.34. The van der Waals surface area contributed by atoms with Gasteiger partial charge in [-0.1, -0.05) is 13.8 Å². The normalized spacial score (nSPS) is 46.0. The standard InChI is InChI=1S/C23H32O6/c1-13-6-9-18-14(2)20(16-8-7-15(24-4)12-19(16)25-5)26-21-23(18)17(13)10-11-22(3,27-21)28-29-23/h7-8,12-14,17-18,20-21H,6,9-11H2,1-5H3/t13-,14-,17-,18-,20?,21+,22+,23-/m0/s1. The molecule has 6 heteroatoms. The summed E-state index contributed by atoms with van der Waals surface area (Å²) in [4.78, 5) is 12.1. The average molecular weight is 405 g/mol. The molecule has 4 heterocycles. The highest BCUT2D eigenvalue weighted by atomic mass is 17.3. The van der Waals surface area contributed by atoms with Gasteiger partial charge < -0.3 is 18.9 Å². The number of benzene rings is 1. The molecule has 6 rings (SSSR count). The Labute approximate surface area is 172 Å². The van der Waals surface area contributed by atoms with Crippen molar-refractivity contribution < 1.29 is 28.7 Å². The van der Waals surface area contributed by atoms with Crippen LogP contribution >= 0.6 is 0 Å². The molecule has 1 unspecified atom stereocenters. The van der Waals surface area contributed by atoms with Crippen LogP contribution in [0.2, 0.25) is 0 Å². The fourth-order valence-electron chi connectivity index (χ4n) is 6.31. The molecule has 5 aliphatic rings. The van der Waals surface area contributed by atoms with Crippen LogP contribution < -0.4 is 9.47 Å². The molecule has 4 saturated heterocycles. The molecule has 2 bridgehead atoms. The zero-order chi connectivity index (χ0) is 20.4. The van der Waals surface area contributed by atoms with E-state index in [2.05, 4.69) is 13.8 Å². The molecule has 8 atom stereocenters. The Kier molecular flexibility index (Phi) is 4.63. The molecule has 1 aromatic rings. The Morgan fingerprint density at radius 2 is 1.83 bits per heavy atom. The maximum atomic E-state index is 6.71. The highest BCUT2D eigenvalue weighted by molar-refractivity contribution is 5.42. The number of hydrogen-bond donors (Lipinski definition) is 0. The molecule has 0 N–H and O–H groups in total. The van der Waals surface area contributed by atoms with E-state index in [4.69, 9.17) is 28.7 Å². The van der Waals surface area contributed by atoms with Crippen molar-refractivity contribution in [3.05, 3.63) is 23.8 Å². The second-order valence-corrected chi connectivity index (χ2v) is 9.43. The number of methoxy groups -OCH3 is 2.